The van der Waals surface area contributed by atoms with Crippen LogP contribution in [0.25, 0.3) is 11.8 Å². The summed E-state index contributed by atoms with van der Waals surface area (Å²) in [5.41, 5.74) is 5.45. The molecule has 4 heteroatoms. The summed E-state index contributed by atoms with van der Waals surface area (Å²) < 4.78 is 3.37. The number of hydrogen-bond donors (Lipinski definition) is 0. The number of nitriles is 2. The van der Waals surface area contributed by atoms with E-state index in [1.165, 1.54) is 9.13 Å². The fraction of sp³-hybridized carbons (Fsp3) is 0.176. The molecule has 1 aromatic carbocycles. The minimum absolute atomic E-state index is 0.119. The lowest BCUT2D eigenvalue weighted by Crippen LogP contribution is -2.00. The lowest BCUT2D eigenvalue weighted by Gasteiger charge is -2.11. The van der Waals surface area contributed by atoms with Crippen molar-refractivity contribution >= 4 is 28.7 Å². The van der Waals surface area contributed by atoms with Gasteiger partial charge in [0, 0.05) is 20.6 Å². The zero-order valence-electron chi connectivity index (χ0n) is 12.1. The fourth-order valence-corrected chi connectivity index (χ4v) is 2.68. The van der Waals surface area contributed by atoms with Gasteiger partial charge in [0.05, 0.1) is 0 Å². The molecule has 0 bridgehead atoms. The molecule has 0 N–H and O–H groups in total. The predicted octanol–water partition coefficient (Wildman–Crippen LogP) is 4.44. The number of aromatic nitrogens is 1. The van der Waals surface area contributed by atoms with Crippen LogP contribution in [-0.2, 0) is 0 Å². The summed E-state index contributed by atoms with van der Waals surface area (Å²) >= 11 is 2.32. The maximum Gasteiger partial charge on any atom is 0.130 e. The summed E-state index contributed by atoms with van der Waals surface area (Å²) in [6.45, 7) is 6.11. The molecule has 104 valence electrons. The molecule has 1 heterocycles. The molecule has 0 saturated heterocycles. The topological polar surface area (TPSA) is 52.5 Å². The van der Waals surface area contributed by atoms with Gasteiger partial charge in [-0.1, -0.05) is 0 Å². The highest BCUT2D eigenvalue weighted by atomic mass is 127. The molecule has 0 aliphatic carbocycles. The van der Waals surface area contributed by atoms with Crippen LogP contribution in [0.15, 0.2) is 29.8 Å². The summed E-state index contributed by atoms with van der Waals surface area (Å²) in [5, 5.41) is 17.8. The Morgan fingerprint density at radius 2 is 1.81 bits per heavy atom. The maximum atomic E-state index is 8.89. The molecule has 0 unspecified atom stereocenters. The second-order valence-corrected chi connectivity index (χ2v) is 6.04. The number of rotatable bonds is 2. The van der Waals surface area contributed by atoms with E-state index in [1.54, 1.807) is 6.08 Å². The van der Waals surface area contributed by atoms with Crippen LogP contribution >= 0.6 is 22.6 Å². The second-order valence-electron chi connectivity index (χ2n) is 4.88. The number of hydrogen-bond acceptors (Lipinski definition) is 2. The summed E-state index contributed by atoms with van der Waals surface area (Å²) in [7, 11) is 0. The van der Waals surface area contributed by atoms with Gasteiger partial charge in [0.1, 0.15) is 17.7 Å². The third kappa shape index (κ3) is 3.01. The van der Waals surface area contributed by atoms with Crippen LogP contribution in [0.4, 0.5) is 0 Å². The second kappa shape index (κ2) is 6.15. The Kier molecular flexibility index (Phi) is 4.50. The van der Waals surface area contributed by atoms with E-state index in [2.05, 4.69) is 52.3 Å². The molecule has 2 aromatic rings. The van der Waals surface area contributed by atoms with Gasteiger partial charge in [-0.05, 0) is 84.8 Å². The highest BCUT2D eigenvalue weighted by Crippen LogP contribution is 2.24. The molecule has 2 rings (SSSR count). The zero-order chi connectivity index (χ0) is 15.6. The summed E-state index contributed by atoms with van der Waals surface area (Å²) in [5.74, 6) is 0. The van der Waals surface area contributed by atoms with E-state index in [0.717, 1.165) is 22.6 Å². The summed E-state index contributed by atoms with van der Waals surface area (Å²) in [4.78, 5) is 0. The maximum absolute atomic E-state index is 8.89. The monoisotopic (exact) mass is 387 g/mol. The van der Waals surface area contributed by atoms with Crippen molar-refractivity contribution in [2.24, 2.45) is 0 Å². The molecule has 0 spiro atoms. The van der Waals surface area contributed by atoms with E-state index in [1.807, 2.05) is 32.1 Å². The zero-order valence-corrected chi connectivity index (χ0v) is 14.3. The first-order valence-corrected chi connectivity index (χ1v) is 7.53. The number of allylic oxidation sites excluding steroid dienone is 1. The Hall–Kier alpha value is -2.05. The molecule has 0 aliphatic heterocycles. The van der Waals surface area contributed by atoms with Crippen molar-refractivity contribution in [3.8, 4) is 17.8 Å². The third-order valence-corrected chi connectivity index (χ3v) is 4.62. The molecule has 0 radical (unpaired) electrons. The van der Waals surface area contributed by atoms with Crippen LogP contribution in [0.3, 0.4) is 0 Å². The molecule has 3 nitrogen and oxygen atoms in total. The first-order chi connectivity index (χ1) is 9.97. The summed E-state index contributed by atoms with van der Waals surface area (Å²) in [6.07, 6.45) is 1.64. The molecule has 0 atom stereocenters. The van der Waals surface area contributed by atoms with Crippen molar-refractivity contribution in [1.82, 2.24) is 4.57 Å². The SMILES string of the molecule is Cc1cc(-n2c(C)cc(C=C(C#N)C#N)c2C)ccc1I. The lowest BCUT2D eigenvalue weighted by molar-refractivity contribution is 0.961. The molecule has 21 heavy (non-hydrogen) atoms. The first-order valence-electron chi connectivity index (χ1n) is 6.45. The van der Waals surface area contributed by atoms with Crippen molar-refractivity contribution < 1.29 is 0 Å². The number of halogens is 1. The van der Waals surface area contributed by atoms with Gasteiger partial charge in [0.2, 0.25) is 0 Å². The molecule has 0 amide bonds. The molecule has 0 saturated carbocycles. The van der Waals surface area contributed by atoms with Crippen LogP contribution < -0.4 is 0 Å². The highest BCUT2D eigenvalue weighted by molar-refractivity contribution is 14.1. The van der Waals surface area contributed by atoms with Gasteiger partial charge in [-0.25, -0.2) is 0 Å². The van der Waals surface area contributed by atoms with Crippen molar-refractivity contribution in [3.63, 3.8) is 0 Å². The third-order valence-electron chi connectivity index (χ3n) is 3.41. The smallest absolute Gasteiger partial charge is 0.130 e. The van der Waals surface area contributed by atoms with Gasteiger partial charge in [0.15, 0.2) is 0 Å². The van der Waals surface area contributed by atoms with E-state index in [4.69, 9.17) is 10.5 Å². The Labute approximate surface area is 138 Å². The predicted molar refractivity (Wildman–Crippen MR) is 91.9 cm³/mol. The van der Waals surface area contributed by atoms with Gasteiger partial charge in [-0.3, -0.25) is 0 Å². The van der Waals surface area contributed by atoms with Gasteiger partial charge >= 0.3 is 0 Å². The van der Waals surface area contributed by atoms with Crippen molar-refractivity contribution in [3.05, 3.63) is 55.9 Å². The Morgan fingerprint density at radius 3 is 2.38 bits per heavy atom. The van der Waals surface area contributed by atoms with Gasteiger partial charge in [-0.15, -0.1) is 0 Å². The van der Waals surface area contributed by atoms with Crippen molar-refractivity contribution in [2.75, 3.05) is 0 Å². The quantitative estimate of drug-likeness (QED) is 0.565. The molecular formula is C17H14IN3. The van der Waals surface area contributed by atoms with Crippen LogP contribution in [0.1, 0.15) is 22.5 Å². The summed E-state index contributed by atoms with van der Waals surface area (Å²) in [6, 6.07) is 12.1. The Balaban J connectivity index is 2.60. The standard InChI is InChI=1S/C17H14IN3/c1-11-6-16(4-5-17(11)18)21-12(2)7-15(13(21)3)8-14(9-19)10-20/h4-8H,1-3H3. The van der Waals surface area contributed by atoms with Gasteiger partial charge in [-0.2, -0.15) is 10.5 Å². The number of benzene rings is 1. The minimum atomic E-state index is 0.119. The minimum Gasteiger partial charge on any atom is -0.318 e. The fourth-order valence-electron chi connectivity index (χ4n) is 2.34. The van der Waals surface area contributed by atoms with Crippen LogP contribution in [0.5, 0.6) is 0 Å². The van der Waals surface area contributed by atoms with Crippen LogP contribution in [-0.4, -0.2) is 4.57 Å². The van der Waals surface area contributed by atoms with Crippen LogP contribution in [0, 0.1) is 47.0 Å². The van der Waals surface area contributed by atoms with E-state index < -0.39 is 0 Å². The Morgan fingerprint density at radius 1 is 1.14 bits per heavy atom. The normalized spacial score (nSPS) is 9.81. The van der Waals surface area contributed by atoms with E-state index in [-0.39, 0.29) is 5.57 Å². The Bertz CT molecular complexity index is 798. The van der Waals surface area contributed by atoms with E-state index in [0.29, 0.717) is 0 Å². The number of aryl methyl sites for hydroxylation is 2. The largest absolute Gasteiger partial charge is 0.318 e. The molecular weight excluding hydrogens is 373 g/mol. The van der Waals surface area contributed by atoms with Crippen molar-refractivity contribution in [2.45, 2.75) is 20.8 Å². The van der Waals surface area contributed by atoms with E-state index >= 15 is 0 Å². The van der Waals surface area contributed by atoms with E-state index in [9.17, 15) is 0 Å². The molecule has 0 aliphatic rings. The van der Waals surface area contributed by atoms with Gasteiger partial charge < -0.3 is 4.57 Å². The molecule has 1 aromatic heterocycles. The first kappa shape index (κ1) is 15.3. The van der Waals surface area contributed by atoms with Crippen LogP contribution in [0.2, 0.25) is 0 Å². The highest BCUT2D eigenvalue weighted by Gasteiger charge is 2.10. The average molecular weight is 387 g/mol. The number of nitrogens with zero attached hydrogens (tertiary/aromatic N) is 3. The molecule has 0 fully saturated rings. The van der Waals surface area contributed by atoms with Gasteiger partial charge in [0.25, 0.3) is 0 Å². The average Bonchev–Trinajstić information content (AvgIpc) is 2.74. The lowest BCUT2D eigenvalue weighted by atomic mass is 10.1. The van der Waals surface area contributed by atoms with Crippen molar-refractivity contribution in [1.29, 1.82) is 10.5 Å².